The Hall–Kier alpha value is -5.54. The van der Waals surface area contributed by atoms with Gasteiger partial charge in [0.2, 0.25) is 17.7 Å². The number of methoxy groups -OCH3 is 1. The van der Waals surface area contributed by atoms with Gasteiger partial charge in [0.15, 0.2) is 0 Å². The average molecular weight is 886 g/mol. The number of hydrogen-bond donors (Lipinski definition) is 1. The lowest BCUT2D eigenvalue weighted by atomic mass is 9.66. The zero-order chi connectivity index (χ0) is 44.4. The first kappa shape index (κ1) is 42.1. The molecule has 1 N–H and O–H groups in total. The van der Waals surface area contributed by atoms with Crippen molar-refractivity contribution in [1.82, 2.24) is 29.4 Å². The SMILES string of the molecule is COc1cc(N2CCC(CN3CCN(CC4CCN(c5ccc6c(c5)CN([C@H]5CCC(=O)NC5=O)C6=O)CC4)CC3)CC2)c(F)cc1[C@@H]1N(c2cccc3nccn23)C(=O)C12CCCC2. The van der Waals surface area contributed by atoms with Crippen LogP contribution < -0.4 is 24.8 Å². The number of imidazole rings is 1. The van der Waals surface area contributed by atoms with Crippen molar-refractivity contribution < 1.29 is 28.3 Å². The van der Waals surface area contributed by atoms with E-state index in [1.54, 1.807) is 24.3 Å². The minimum Gasteiger partial charge on any atom is -0.496 e. The molecule has 2 aromatic heterocycles. The minimum atomic E-state index is -0.596. The van der Waals surface area contributed by atoms with Crippen LogP contribution >= 0.6 is 0 Å². The number of benzene rings is 2. The molecule has 15 heteroatoms. The molecule has 14 nitrogen and oxygen atoms in total. The number of pyridine rings is 1. The highest BCUT2D eigenvalue weighted by Crippen LogP contribution is 2.62. The molecule has 0 bridgehead atoms. The Labute approximate surface area is 379 Å². The van der Waals surface area contributed by atoms with Crippen LogP contribution in [-0.2, 0) is 20.9 Å². The maximum atomic E-state index is 16.4. The molecule has 4 aromatic rings. The van der Waals surface area contributed by atoms with Crippen molar-refractivity contribution in [2.45, 2.75) is 82.8 Å². The second kappa shape index (κ2) is 17.0. The van der Waals surface area contributed by atoms with Crippen molar-refractivity contribution in [2.75, 3.05) is 87.3 Å². The van der Waals surface area contributed by atoms with E-state index in [-0.39, 0.29) is 41.9 Å². The topological polar surface area (TPSA) is 126 Å². The van der Waals surface area contributed by atoms with Gasteiger partial charge in [-0.3, -0.25) is 33.8 Å². The number of fused-ring (bicyclic) bond motifs is 2. The third-order valence-corrected chi connectivity index (χ3v) is 16.1. The number of aromatic nitrogens is 2. The maximum Gasteiger partial charge on any atom is 0.255 e. The smallest absolute Gasteiger partial charge is 0.255 e. The number of ether oxygens (including phenoxy) is 1. The van der Waals surface area contributed by atoms with Crippen molar-refractivity contribution in [3.8, 4) is 5.75 Å². The predicted molar refractivity (Wildman–Crippen MR) is 245 cm³/mol. The first-order valence-corrected chi connectivity index (χ1v) is 24.0. The number of piperidine rings is 3. The third kappa shape index (κ3) is 7.52. The number of anilines is 3. The van der Waals surface area contributed by atoms with E-state index in [1.807, 2.05) is 51.9 Å². The van der Waals surface area contributed by atoms with Gasteiger partial charge in [-0.15, -0.1) is 0 Å². The highest BCUT2D eigenvalue weighted by Gasteiger charge is 2.63. The van der Waals surface area contributed by atoms with Crippen molar-refractivity contribution in [3.05, 3.63) is 83.4 Å². The number of nitrogens with one attached hydrogen (secondary N) is 1. The summed E-state index contributed by atoms with van der Waals surface area (Å²) in [5.41, 5.74) is 4.29. The lowest BCUT2D eigenvalue weighted by molar-refractivity contribution is -0.140. The van der Waals surface area contributed by atoms with Gasteiger partial charge in [0, 0.05) is 114 Å². The molecule has 5 saturated heterocycles. The molecular formula is C50H60FN9O5. The summed E-state index contributed by atoms with van der Waals surface area (Å²) in [4.78, 5) is 69.2. The molecule has 1 aliphatic carbocycles. The molecule has 11 rings (SSSR count). The fraction of sp³-hybridized carbons (Fsp3) is 0.540. The number of halogens is 1. The summed E-state index contributed by atoms with van der Waals surface area (Å²) < 4.78 is 24.4. The molecule has 6 aliphatic heterocycles. The maximum absolute atomic E-state index is 16.4. The van der Waals surface area contributed by atoms with Gasteiger partial charge in [-0.25, -0.2) is 9.37 Å². The van der Waals surface area contributed by atoms with Crippen LogP contribution in [0.2, 0.25) is 0 Å². The van der Waals surface area contributed by atoms with Gasteiger partial charge in [0.1, 0.15) is 29.1 Å². The number of amides is 4. The fourth-order valence-electron chi connectivity index (χ4n) is 12.5. The molecule has 342 valence electrons. The van der Waals surface area contributed by atoms with Gasteiger partial charge in [-0.1, -0.05) is 18.9 Å². The Balaban J connectivity index is 0.652. The minimum absolute atomic E-state index is 0.103. The molecule has 0 radical (unpaired) electrons. The highest BCUT2D eigenvalue weighted by atomic mass is 19.1. The second-order valence-electron chi connectivity index (χ2n) is 19.7. The van der Waals surface area contributed by atoms with Crippen LogP contribution in [0.4, 0.5) is 21.6 Å². The lowest BCUT2D eigenvalue weighted by Crippen LogP contribution is -2.63. The molecule has 7 aliphatic rings. The fourth-order valence-corrected chi connectivity index (χ4v) is 12.5. The molecule has 4 amide bonds. The number of carbonyl (C=O) groups is 4. The number of β-lactam (4-membered cyclic amide) rings is 1. The molecule has 65 heavy (non-hydrogen) atoms. The first-order valence-electron chi connectivity index (χ1n) is 24.0. The van der Waals surface area contributed by atoms with Gasteiger partial charge in [-0.05, 0) is 98.7 Å². The van der Waals surface area contributed by atoms with E-state index in [1.165, 1.54) is 0 Å². The van der Waals surface area contributed by atoms with Crippen LogP contribution in [0.15, 0.2) is 60.9 Å². The van der Waals surface area contributed by atoms with E-state index in [2.05, 4.69) is 36.0 Å². The summed E-state index contributed by atoms with van der Waals surface area (Å²) in [7, 11) is 1.66. The molecule has 6 fully saturated rings. The Morgan fingerprint density at radius 2 is 1.51 bits per heavy atom. The summed E-state index contributed by atoms with van der Waals surface area (Å²) >= 11 is 0. The molecule has 2 atom stereocenters. The quantitative estimate of drug-likeness (QED) is 0.158. The number of nitrogens with zero attached hydrogens (tertiary/aromatic N) is 8. The number of rotatable bonds is 10. The van der Waals surface area contributed by atoms with Crippen molar-refractivity contribution >= 4 is 46.5 Å². The number of imide groups is 1. The molecule has 0 unspecified atom stereocenters. The standard InChI is InChI=1S/C50H60FN9O5/c1-65-42-29-41(39(51)28-38(42)46-50(15-2-3-16-50)49(64)60(46)45-6-4-5-43-52-17-22-58(43)45)57-20-13-34(14-21-57)31-55-25-23-54(24-26-55)30-33-11-18-56(19-12-33)36-7-8-37-35(27-36)32-59(48(37)63)40-9-10-44(61)53-47(40)62/h4-8,17,22,27-29,33-34,40,46H,2-3,9-16,18-21,23-26,30-32H2,1H3,(H,53,61,62)/t40-,46-/m0/s1. The Kier molecular flexibility index (Phi) is 11.0. The van der Waals surface area contributed by atoms with Gasteiger partial charge in [0.25, 0.3) is 5.91 Å². The van der Waals surface area contributed by atoms with E-state index in [9.17, 15) is 19.2 Å². The largest absolute Gasteiger partial charge is 0.496 e. The van der Waals surface area contributed by atoms with E-state index >= 15 is 4.39 Å². The predicted octanol–water partition coefficient (Wildman–Crippen LogP) is 5.64. The number of hydrogen-bond acceptors (Lipinski definition) is 10. The zero-order valence-electron chi connectivity index (χ0n) is 37.4. The van der Waals surface area contributed by atoms with Crippen LogP contribution in [0, 0.1) is 23.1 Å². The molecule has 1 saturated carbocycles. The monoisotopic (exact) mass is 885 g/mol. The Bertz CT molecular complexity index is 2500. The summed E-state index contributed by atoms with van der Waals surface area (Å²) in [5.74, 6) is 1.69. The van der Waals surface area contributed by atoms with Gasteiger partial charge in [-0.2, -0.15) is 0 Å². The van der Waals surface area contributed by atoms with Crippen LogP contribution in [0.5, 0.6) is 5.75 Å². The van der Waals surface area contributed by atoms with Crippen molar-refractivity contribution in [3.63, 3.8) is 0 Å². The normalized spacial score (nSPS) is 24.6. The summed E-state index contributed by atoms with van der Waals surface area (Å²) in [6, 6.07) is 14.5. The number of carbonyl (C=O) groups excluding carboxylic acids is 4. The van der Waals surface area contributed by atoms with Crippen LogP contribution in [-0.4, -0.2) is 126 Å². The summed E-state index contributed by atoms with van der Waals surface area (Å²) in [6.07, 6.45) is 12.1. The molecule has 8 heterocycles. The zero-order valence-corrected chi connectivity index (χ0v) is 37.4. The van der Waals surface area contributed by atoms with Gasteiger partial charge >= 0.3 is 0 Å². The van der Waals surface area contributed by atoms with Gasteiger partial charge < -0.3 is 29.2 Å². The first-order chi connectivity index (χ1) is 31.7. The van der Waals surface area contributed by atoms with Crippen molar-refractivity contribution in [2.24, 2.45) is 17.3 Å². The second-order valence-corrected chi connectivity index (χ2v) is 19.7. The summed E-state index contributed by atoms with van der Waals surface area (Å²) in [6.45, 7) is 10.5. The third-order valence-electron chi connectivity index (χ3n) is 16.1. The van der Waals surface area contributed by atoms with Crippen LogP contribution in [0.25, 0.3) is 5.65 Å². The van der Waals surface area contributed by atoms with E-state index in [0.29, 0.717) is 41.8 Å². The summed E-state index contributed by atoms with van der Waals surface area (Å²) in [5, 5.41) is 2.39. The van der Waals surface area contributed by atoms with Crippen LogP contribution in [0.3, 0.4) is 0 Å². The molecular weight excluding hydrogens is 826 g/mol. The molecule has 1 spiro atoms. The highest BCUT2D eigenvalue weighted by molar-refractivity contribution is 6.07. The van der Waals surface area contributed by atoms with Crippen LogP contribution in [0.1, 0.15) is 91.7 Å². The van der Waals surface area contributed by atoms with Crippen molar-refractivity contribution in [1.29, 1.82) is 0 Å². The van der Waals surface area contributed by atoms with E-state index < -0.39 is 11.5 Å². The molecule has 2 aromatic carbocycles. The van der Waals surface area contributed by atoms with E-state index in [0.717, 1.165) is 145 Å². The lowest BCUT2D eigenvalue weighted by Gasteiger charge is -2.55. The average Bonchev–Trinajstić information content (AvgIpc) is 4.10. The number of piperazine rings is 1. The Morgan fingerprint density at radius 1 is 0.815 bits per heavy atom. The Morgan fingerprint density at radius 3 is 2.18 bits per heavy atom. The van der Waals surface area contributed by atoms with Gasteiger partial charge in [0.05, 0.1) is 24.3 Å². The van der Waals surface area contributed by atoms with E-state index in [4.69, 9.17) is 4.74 Å².